The van der Waals surface area contributed by atoms with Gasteiger partial charge in [-0.1, -0.05) is 18.2 Å². The first-order chi connectivity index (χ1) is 12.4. The van der Waals surface area contributed by atoms with Crippen molar-refractivity contribution in [2.24, 2.45) is 0 Å². The van der Waals surface area contributed by atoms with Crippen molar-refractivity contribution in [3.05, 3.63) is 65.0 Å². The number of aryl methyl sites for hydroxylation is 1. The Kier molecular flexibility index (Phi) is 5.28. The highest BCUT2D eigenvalue weighted by Crippen LogP contribution is 2.45. The van der Waals surface area contributed by atoms with E-state index in [4.69, 9.17) is 4.74 Å². The highest BCUT2D eigenvalue weighted by Gasteiger charge is 2.45. The lowest BCUT2D eigenvalue weighted by molar-refractivity contribution is 0.0929. The molecule has 0 radical (unpaired) electrons. The summed E-state index contributed by atoms with van der Waals surface area (Å²) in [6, 6.07) is 11.9. The van der Waals surface area contributed by atoms with Crippen LogP contribution in [0.15, 0.2) is 42.5 Å². The second-order valence-electron chi connectivity index (χ2n) is 7.17. The molecule has 0 spiro atoms. The molecule has 0 aliphatic heterocycles. The lowest BCUT2D eigenvalue weighted by Crippen LogP contribution is -2.35. The highest BCUT2D eigenvalue weighted by molar-refractivity contribution is 5.96. The van der Waals surface area contributed by atoms with E-state index in [1.54, 1.807) is 18.2 Å². The molecule has 0 bridgehead atoms. The molecule has 0 unspecified atom stereocenters. The summed E-state index contributed by atoms with van der Waals surface area (Å²) >= 11 is 0. The maximum absolute atomic E-state index is 13.2. The molecule has 26 heavy (non-hydrogen) atoms. The fourth-order valence-corrected chi connectivity index (χ4v) is 2.95. The van der Waals surface area contributed by atoms with E-state index in [0.717, 1.165) is 30.5 Å². The van der Waals surface area contributed by atoms with Crippen molar-refractivity contribution in [1.82, 2.24) is 10.2 Å². The minimum absolute atomic E-state index is 0.123. The van der Waals surface area contributed by atoms with Gasteiger partial charge >= 0.3 is 0 Å². The van der Waals surface area contributed by atoms with Crippen LogP contribution in [0.1, 0.15) is 34.3 Å². The lowest BCUT2D eigenvalue weighted by atomic mass is 10.0. The van der Waals surface area contributed by atoms with Gasteiger partial charge in [0.05, 0.1) is 5.54 Å². The quantitative estimate of drug-likeness (QED) is 0.826. The Hall–Kier alpha value is -2.40. The molecule has 3 rings (SSSR count). The predicted octanol–water partition coefficient (Wildman–Crippen LogP) is 3.49. The Morgan fingerprint density at radius 2 is 1.88 bits per heavy atom. The van der Waals surface area contributed by atoms with Gasteiger partial charge in [0.1, 0.15) is 18.2 Å². The first kappa shape index (κ1) is 18.4. The Balaban J connectivity index is 1.72. The van der Waals surface area contributed by atoms with Crippen LogP contribution >= 0.6 is 0 Å². The van der Waals surface area contributed by atoms with E-state index < -0.39 is 0 Å². The Labute approximate surface area is 154 Å². The van der Waals surface area contributed by atoms with E-state index in [-0.39, 0.29) is 17.3 Å². The van der Waals surface area contributed by atoms with Crippen LogP contribution in [0.4, 0.5) is 4.39 Å². The summed E-state index contributed by atoms with van der Waals surface area (Å²) in [5.41, 5.74) is 2.08. The lowest BCUT2D eigenvalue weighted by Gasteiger charge is -2.19. The van der Waals surface area contributed by atoms with Crippen LogP contribution < -0.4 is 10.1 Å². The minimum atomic E-state index is -0.376. The van der Waals surface area contributed by atoms with Crippen molar-refractivity contribution in [3.8, 4) is 5.75 Å². The number of likely N-dealkylation sites (N-methyl/N-ethyl adjacent to an activating group) is 1. The number of halogens is 1. The van der Waals surface area contributed by atoms with Crippen LogP contribution in [0.2, 0.25) is 0 Å². The SMILES string of the molecule is Cc1ccc(OCCN(C)C)cc1C(=O)NC1(c2ccc(F)cc2)CC1. The van der Waals surface area contributed by atoms with Crippen LogP contribution in [-0.2, 0) is 5.54 Å². The number of carbonyl (C=O) groups excluding carboxylic acids is 1. The zero-order valence-corrected chi connectivity index (χ0v) is 15.5. The summed E-state index contributed by atoms with van der Waals surface area (Å²) in [5.74, 6) is 0.297. The smallest absolute Gasteiger partial charge is 0.252 e. The first-order valence-electron chi connectivity index (χ1n) is 8.86. The average molecular weight is 356 g/mol. The molecule has 0 heterocycles. The van der Waals surface area contributed by atoms with Gasteiger partial charge in [-0.2, -0.15) is 0 Å². The number of amides is 1. The summed E-state index contributed by atoms with van der Waals surface area (Å²) in [6.45, 7) is 3.29. The minimum Gasteiger partial charge on any atom is -0.492 e. The number of hydrogen-bond acceptors (Lipinski definition) is 3. The largest absolute Gasteiger partial charge is 0.492 e. The number of carbonyl (C=O) groups is 1. The number of rotatable bonds is 7. The number of ether oxygens (including phenoxy) is 1. The molecular formula is C21H25FN2O2. The third-order valence-electron chi connectivity index (χ3n) is 4.76. The molecule has 1 aliphatic carbocycles. The summed E-state index contributed by atoms with van der Waals surface area (Å²) in [5, 5.41) is 3.14. The number of nitrogens with one attached hydrogen (secondary N) is 1. The van der Waals surface area contributed by atoms with Crippen molar-refractivity contribution < 1.29 is 13.9 Å². The summed E-state index contributed by atoms with van der Waals surface area (Å²) < 4.78 is 18.9. The Morgan fingerprint density at radius 3 is 2.50 bits per heavy atom. The fourth-order valence-electron chi connectivity index (χ4n) is 2.95. The van der Waals surface area contributed by atoms with E-state index in [0.29, 0.717) is 17.9 Å². The highest BCUT2D eigenvalue weighted by atomic mass is 19.1. The van der Waals surface area contributed by atoms with E-state index in [1.165, 1.54) is 12.1 Å². The molecule has 1 aliphatic rings. The van der Waals surface area contributed by atoms with Crippen molar-refractivity contribution >= 4 is 5.91 Å². The maximum atomic E-state index is 13.2. The standard InChI is InChI=1S/C21H25FN2O2/c1-15-4-9-18(26-13-12-24(2)3)14-19(15)20(25)23-21(10-11-21)16-5-7-17(22)8-6-16/h4-9,14H,10-13H2,1-3H3,(H,23,25). The molecule has 1 amide bonds. The summed E-state index contributed by atoms with van der Waals surface area (Å²) in [4.78, 5) is 14.9. The molecule has 0 aromatic heterocycles. The second kappa shape index (κ2) is 7.46. The third-order valence-corrected chi connectivity index (χ3v) is 4.76. The van der Waals surface area contributed by atoms with Crippen LogP contribution in [0, 0.1) is 12.7 Å². The first-order valence-corrected chi connectivity index (χ1v) is 8.86. The van der Waals surface area contributed by atoms with E-state index in [2.05, 4.69) is 5.32 Å². The molecule has 1 saturated carbocycles. The monoisotopic (exact) mass is 356 g/mol. The third kappa shape index (κ3) is 4.22. The van der Waals surface area contributed by atoms with Gasteiger partial charge in [0, 0.05) is 12.1 Å². The van der Waals surface area contributed by atoms with Crippen LogP contribution in [0.25, 0.3) is 0 Å². The van der Waals surface area contributed by atoms with Crippen LogP contribution in [-0.4, -0.2) is 38.1 Å². The number of benzene rings is 2. The Bertz CT molecular complexity index is 783. The Morgan fingerprint density at radius 1 is 1.19 bits per heavy atom. The molecular weight excluding hydrogens is 331 g/mol. The summed E-state index contributed by atoms with van der Waals surface area (Å²) in [6.07, 6.45) is 1.73. The van der Waals surface area contributed by atoms with Crippen LogP contribution in [0.3, 0.4) is 0 Å². The number of nitrogens with zero attached hydrogens (tertiary/aromatic N) is 1. The van der Waals surface area contributed by atoms with Gasteiger partial charge in [0.15, 0.2) is 0 Å². The van der Waals surface area contributed by atoms with Gasteiger partial charge in [0.2, 0.25) is 0 Å². The maximum Gasteiger partial charge on any atom is 0.252 e. The van der Waals surface area contributed by atoms with Gasteiger partial charge < -0.3 is 15.0 Å². The van der Waals surface area contributed by atoms with Gasteiger partial charge in [-0.25, -0.2) is 4.39 Å². The van der Waals surface area contributed by atoms with E-state index in [1.807, 2.05) is 38.1 Å². The summed E-state index contributed by atoms with van der Waals surface area (Å²) in [7, 11) is 3.98. The van der Waals surface area contributed by atoms with Gasteiger partial charge in [0.25, 0.3) is 5.91 Å². The van der Waals surface area contributed by atoms with Gasteiger partial charge in [-0.05, 0) is 69.3 Å². The molecule has 0 saturated heterocycles. The van der Waals surface area contributed by atoms with Crippen molar-refractivity contribution in [2.45, 2.75) is 25.3 Å². The molecule has 5 heteroatoms. The molecule has 138 valence electrons. The molecule has 0 atom stereocenters. The van der Waals surface area contributed by atoms with Gasteiger partial charge in [-0.15, -0.1) is 0 Å². The van der Waals surface area contributed by atoms with Crippen molar-refractivity contribution in [3.63, 3.8) is 0 Å². The topological polar surface area (TPSA) is 41.6 Å². The average Bonchev–Trinajstić information content (AvgIpc) is 3.37. The molecule has 2 aromatic carbocycles. The predicted molar refractivity (Wildman–Crippen MR) is 100 cm³/mol. The second-order valence-corrected chi connectivity index (χ2v) is 7.17. The van der Waals surface area contributed by atoms with Crippen molar-refractivity contribution in [2.75, 3.05) is 27.2 Å². The van der Waals surface area contributed by atoms with Crippen molar-refractivity contribution in [1.29, 1.82) is 0 Å². The van der Waals surface area contributed by atoms with Gasteiger partial charge in [-0.3, -0.25) is 4.79 Å². The molecule has 4 nitrogen and oxygen atoms in total. The molecule has 2 aromatic rings. The zero-order valence-electron chi connectivity index (χ0n) is 15.5. The molecule has 1 fully saturated rings. The molecule has 1 N–H and O–H groups in total. The normalized spacial score (nSPS) is 15.0. The number of hydrogen-bond donors (Lipinski definition) is 1. The van der Waals surface area contributed by atoms with E-state index in [9.17, 15) is 9.18 Å². The fraction of sp³-hybridized carbons (Fsp3) is 0.381. The van der Waals surface area contributed by atoms with Crippen LogP contribution in [0.5, 0.6) is 5.75 Å². The zero-order chi connectivity index (χ0) is 18.7. The van der Waals surface area contributed by atoms with E-state index >= 15 is 0 Å².